The van der Waals surface area contributed by atoms with E-state index in [-0.39, 0.29) is 16.5 Å². The summed E-state index contributed by atoms with van der Waals surface area (Å²) in [5, 5.41) is 11.6. The number of methoxy groups -OCH3 is 1. The molecule has 0 radical (unpaired) electrons. The van der Waals surface area contributed by atoms with Gasteiger partial charge in [-0.15, -0.1) is 0 Å². The van der Waals surface area contributed by atoms with Gasteiger partial charge in [0.2, 0.25) is 0 Å². The fourth-order valence-corrected chi connectivity index (χ4v) is 2.79. The van der Waals surface area contributed by atoms with E-state index in [2.05, 4.69) is 5.32 Å². The summed E-state index contributed by atoms with van der Waals surface area (Å²) in [6.45, 7) is 0. The Balaban J connectivity index is 2.33. The van der Waals surface area contributed by atoms with Crippen molar-refractivity contribution in [2.45, 2.75) is 0 Å². The van der Waals surface area contributed by atoms with Crippen LogP contribution in [0.4, 0.5) is 4.79 Å². The number of imide groups is 1. The summed E-state index contributed by atoms with van der Waals surface area (Å²) in [4.78, 5) is 22.1. The summed E-state index contributed by atoms with van der Waals surface area (Å²) >= 11 is -0.484. The van der Waals surface area contributed by atoms with Crippen LogP contribution < -0.4 is 10.1 Å². The van der Waals surface area contributed by atoms with E-state index in [0.717, 1.165) is 0 Å². The molecule has 0 unspecified atom stereocenters. The van der Waals surface area contributed by atoms with Crippen LogP contribution in [0.25, 0.3) is 6.08 Å². The second-order valence-electron chi connectivity index (χ2n) is 3.28. The van der Waals surface area contributed by atoms with E-state index in [4.69, 9.17) is 4.74 Å². The van der Waals surface area contributed by atoms with Crippen molar-refractivity contribution in [3.05, 3.63) is 28.2 Å². The first-order valence-corrected chi connectivity index (χ1v) is 6.43. The van der Waals surface area contributed by atoms with E-state index in [0.29, 0.717) is 15.8 Å². The fraction of sp³-hybridized carbons (Fsp3) is 0.0909. The van der Waals surface area contributed by atoms with Gasteiger partial charge in [-0.05, 0) is 0 Å². The zero-order valence-corrected chi connectivity index (χ0v) is 10.6. The van der Waals surface area contributed by atoms with Crippen molar-refractivity contribution in [2.24, 2.45) is 0 Å². The third-order valence-corrected chi connectivity index (χ3v) is 3.84. The van der Waals surface area contributed by atoms with Crippen molar-refractivity contribution in [3.63, 3.8) is 0 Å². The molecule has 2 rings (SSSR count). The van der Waals surface area contributed by atoms with Gasteiger partial charge < -0.3 is 0 Å². The molecule has 1 fully saturated rings. The van der Waals surface area contributed by atoms with E-state index in [9.17, 15) is 14.7 Å². The molecule has 1 aliphatic rings. The van der Waals surface area contributed by atoms with Crippen molar-refractivity contribution in [2.75, 3.05) is 7.11 Å². The van der Waals surface area contributed by atoms with Crippen molar-refractivity contribution >= 4 is 31.7 Å². The maximum absolute atomic E-state index is 11.3. The first-order chi connectivity index (χ1) is 8.10. The molecule has 0 aromatic heterocycles. The van der Waals surface area contributed by atoms with E-state index < -0.39 is 15.0 Å². The van der Waals surface area contributed by atoms with Crippen LogP contribution in [0.3, 0.4) is 0 Å². The molecule has 5 nitrogen and oxygen atoms in total. The number of amides is 2. The van der Waals surface area contributed by atoms with Crippen molar-refractivity contribution in [3.8, 4) is 11.5 Å². The molecule has 1 saturated heterocycles. The number of rotatable bonds is 2. The van der Waals surface area contributed by atoms with Gasteiger partial charge in [-0.1, -0.05) is 0 Å². The van der Waals surface area contributed by atoms with Crippen molar-refractivity contribution in [1.82, 2.24) is 5.32 Å². The maximum atomic E-state index is 11.3. The molecule has 1 aliphatic heterocycles. The van der Waals surface area contributed by atoms with Gasteiger partial charge in [0.15, 0.2) is 0 Å². The Labute approximate surface area is 104 Å². The molecule has 0 bridgehead atoms. The van der Waals surface area contributed by atoms with Crippen molar-refractivity contribution < 1.29 is 19.4 Å². The summed E-state index contributed by atoms with van der Waals surface area (Å²) in [6.07, 6.45) is 1.63. The zero-order chi connectivity index (χ0) is 12.4. The summed E-state index contributed by atoms with van der Waals surface area (Å²) in [5.74, 6) is 0.0192. The van der Waals surface area contributed by atoms with Gasteiger partial charge in [0, 0.05) is 0 Å². The monoisotopic (exact) mass is 299 g/mol. The Hall–Kier alpha value is -1.78. The molecule has 2 amide bonds. The fourth-order valence-electron chi connectivity index (χ4n) is 1.36. The first kappa shape index (κ1) is 11.7. The predicted octanol–water partition coefficient (Wildman–Crippen LogP) is 0.696. The molecular weight excluding hydrogens is 289 g/mol. The topological polar surface area (TPSA) is 75.6 Å². The molecule has 17 heavy (non-hydrogen) atoms. The molecule has 0 atom stereocenters. The molecule has 1 aromatic rings. The Bertz CT molecular complexity index is 524. The van der Waals surface area contributed by atoms with E-state index in [1.54, 1.807) is 18.2 Å². The van der Waals surface area contributed by atoms with Crippen LogP contribution in [-0.2, 0) is 4.79 Å². The van der Waals surface area contributed by atoms with E-state index in [1.165, 1.54) is 13.2 Å². The van der Waals surface area contributed by atoms with Gasteiger partial charge in [0.05, 0.1) is 0 Å². The summed E-state index contributed by atoms with van der Waals surface area (Å²) < 4.78 is 5.42. The Kier molecular flexibility index (Phi) is 3.17. The van der Waals surface area contributed by atoms with Crippen LogP contribution in [0.2, 0.25) is 0 Å². The van der Waals surface area contributed by atoms with E-state index in [1.807, 2.05) is 0 Å². The van der Waals surface area contributed by atoms with Gasteiger partial charge in [-0.3, -0.25) is 0 Å². The van der Waals surface area contributed by atoms with Crippen LogP contribution in [0.5, 0.6) is 11.5 Å². The van der Waals surface area contributed by atoms with Gasteiger partial charge in [0.1, 0.15) is 0 Å². The van der Waals surface area contributed by atoms with Gasteiger partial charge in [-0.2, -0.15) is 0 Å². The van der Waals surface area contributed by atoms with Crippen LogP contribution in [-0.4, -0.2) is 37.9 Å². The predicted molar refractivity (Wildman–Crippen MR) is 61.9 cm³/mol. The number of phenolic OH excluding ortho intramolecular Hbond substituents is 1. The summed E-state index contributed by atoms with van der Waals surface area (Å²) in [6, 6.07) is 4.73. The van der Waals surface area contributed by atoms with Crippen LogP contribution in [0.1, 0.15) is 5.56 Å². The third kappa shape index (κ3) is 2.49. The Morgan fingerprint density at radius 3 is 2.76 bits per heavy atom. The SMILES string of the molecule is COc1cc(/C=C2\[Se]C(=O)NC2=O)ccc1O. The van der Waals surface area contributed by atoms with Crippen LogP contribution in [0, 0.1) is 0 Å². The van der Waals surface area contributed by atoms with Gasteiger partial charge >= 0.3 is 103 Å². The number of ether oxygens (including phenoxy) is 1. The normalized spacial score (nSPS) is 17.4. The molecule has 2 N–H and O–H groups in total. The number of hydrogen-bond donors (Lipinski definition) is 2. The summed E-state index contributed by atoms with van der Waals surface area (Å²) in [7, 11) is 1.45. The molecule has 1 heterocycles. The third-order valence-electron chi connectivity index (χ3n) is 2.14. The second-order valence-corrected chi connectivity index (χ2v) is 5.41. The number of carbonyl (C=O) groups is 2. The number of nitrogens with one attached hydrogen (secondary N) is 1. The number of benzene rings is 1. The molecule has 1 aromatic carbocycles. The average Bonchev–Trinajstić information content (AvgIpc) is 2.60. The van der Waals surface area contributed by atoms with Crippen LogP contribution >= 0.6 is 0 Å². The Morgan fingerprint density at radius 1 is 1.41 bits per heavy atom. The number of phenols is 1. The number of aromatic hydroxyl groups is 1. The summed E-state index contributed by atoms with van der Waals surface area (Å²) in [5.41, 5.74) is 0.710. The minimum absolute atomic E-state index is 0.0344. The first-order valence-electron chi connectivity index (χ1n) is 4.72. The molecule has 0 saturated carbocycles. The van der Waals surface area contributed by atoms with Gasteiger partial charge in [0.25, 0.3) is 0 Å². The number of hydrogen-bond acceptors (Lipinski definition) is 4. The average molecular weight is 298 g/mol. The number of carbonyl (C=O) groups excluding carboxylic acids is 2. The molecular formula is C11H9NO4Se. The molecule has 0 spiro atoms. The molecule has 0 aliphatic carbocycles. The van der Waals surface area contributed by atoms with Crippen LogP contribution in [0.15, 0.2) is 22.7 Å². The molecule has 6 heteroatoms. The minimum atomic E-state index is -0.484. The quantitative estimate of drug-likeness (QED) is 0.622. The van der Waals surface area contributed by atoms with E-state index >= 15 is 0 Å². The van der Waals surface area contributed by atoms with Gasteiger partial charge in [-0.25, -0.2) is 0 Å². The molecule has 88 valence electrons. The second kappa shape index (κ2) is 4.61. The zero-order valence-electron chi connectivity index (χ0n) is 8.89. The van der Waals surface area contributed by atoms with Crippen molar-refractivity contribution in [1.29, 1.82) is 0 Å². The Morgan fingerprint density at radius 2 is 2.18 bits per heavy atom. The standard InChI is InChI=1S/C11H9NO4Se/c1-16-8-4-6(2-3-7(8)13)5-9-10(14)12-11(15)17-9/h2-5,13H,1H3,(H,12,14,15)/b9-5-.